The summed E-state index contributed by atoms with van der Waals surface area (Å²) < 4.78 is 49.5. The fourth-order valence-electron chi connectivity index (χ4n) is 5.07. The monoisotopic (exact) mass is 539 g/mol. The Morgan fingerprint density at radius 3 is 2.18 bits per heavy atom. The molecule has 7 nitrogen and oxygen atoms in total. The van der Waals surface area contributed by atoms with Gasteiger partial charge in [0, 0.05) is 44.4 Å². The van der Waals surface area contributed by atoms with E-state index < -0.39 is 23.6 Å². The summed E-state index contributed by atoms with van der Waals surface area (Å²) in [6.45, 7) is 3.42. The SMILES string of the molecule is COc1ccc(CN2CCN(c3cccc4c3C(=O)N(Cc3ccc(C(F)(F)F)cc3)C4=O)CC2)c(OC)c1. The van der Waals surface area contributed by atoms with Crippen LogP contribution in [-0.4, -0.2) is 62.0 Å². The Bertz CT molecular complexity index is 1380. The highest BCUT2D eigenvalue weighted by Gasteiger charge is 2.39. The maximum absolute atomic E-state index is 13.4. The van der Waals surface area contributed by atoms with Crippen LogP contribution in [0.15, 0.2) is 60.7 Å². The molecule has 0 aromatic heterocycles. The van der Waals surface area contributed by atoms with Gasteiger partial charge in [-0.1, -0.05) is 24.3 Å². The summed E-state index contributed by atoms with van der Waals surface area (Å²) >= 11 is 0. The van der Waals surface area contributed by atoms with Crippen molar-refractivity contribution < 1.29 is 32.2 Å². The third-order valence-electron chi connectivity index (χ3n) is 7.20. The smallest absolute Gasteiger partial charge is 0.416 e. The lowest BCUT2D eigenvalue weighted by Gasteiger charge is -2.37. The number of hydrogen-bond acceptors (Lipinski definition) is 6. The minimum Gasteiger partial charge on any atom is -0.497 e. The number of piperazine rings is 1. The van der Waals surface area contributed by atoms with Crippen LogP contribution in [0.3, 0.4) is 0 Å². The Morgan fingerprint density at radius 2 is 1.54 bits per heavy atom. The number of hydrogen-bond donors (Lipinski definition) is 0. The van der Waals surface area contributed by atoms with Crippen molar-refractivity contribution in [2.24, 2.45) is 0 Å². The predicted octanol–water partition coefficient (Wildman–Crippen LogP) is 4.84. The van der Waals surface area contributed by atoms with Gasteiger partial charge in [0.1, 0.15) is 11.5 Å². The number of fused-ring (bicyclic) bond motifs is 1. The maximum atomic E-state index is 13.4. The molecule has 3 aromatic carbocycles. The second-order valence-corrected chi connectivity index (χ2v) is 9.53. The molecule has 0 unspecified atom stereocenters. The highest BCUT2D eigenvalue weighted by Crippen LogP contribution is 2.34. The van der Waals surface area contributed by atoms with Gasteiger partial charge in [-0.25, -0.2) is 0 Å². The van der Waals surface area contributed by atoms with Gasteiger partial charge in [0.25, 0.3) is 11.8 Å². The molecule has 0 radical (unpaired) electrons. The molecule has 2 aliphatic rings. The molecule has 204 valence electrons. The van der Waals surface area contributed by atoms with Crippen molar-refractivity contribution in [3.8, 4) is 11.5 Å². The summed E-state index contributed by atoms with van der Waals surface area (Å²) in [4.78, 5) is 32.0. The molecule has 0 aliphatic carbocycles. The van der Waals surface area contributed by atoms with E-state index in [-0.39, 0.29) is 6.54 Å². The summed E-state index contributed by atoms with van der Waals surface area (Å²) in [5.41, 5.74) is 2.08. The number of anilines is 1. The van der Waals surface area contributed by atoms with Crippen LogP contribution in [-0.2, 0) is 19.3 Å². The van der Waals surface area contributed by atoms with E-state index in [4.69, 9.17) is 9.47 Å². The molecule has 1 saturated heterocycles. The lowest BCUT2D eigenvalue weighted by Crippen LogP contribution is -2.46. The average molecular weight is 540 g/mol. The van der Waals surface area contributed by atoms with E-state index in [1.54, 1.807) is 26.4 Å². The first-order chi connectivity index (χ1) is 18.7. The standard InChI is InChI=1S/C29H28F3N3O4/c1-38-22-11-8-20(25(16-22)39-2)18-33-12-14-34(15-13-33)24-5-3-4-23-26(24)28(37)35(27(23)36)17-19-6-9-21(10-7-19)29(30,31)32/h3-11,16H,12-15,17-18H2,1-2H3. The zero-order valence-electron chi connectivity index (χ0n) is 21.6. The van der Waals surface area contributed by atoms with Gasteiger partial charge in [-0.3, -0.25) is 19.4 Å². The van der Waals surface area contributed by atoms with E-state index in [2.05, 4.69) is 9.80 Å². The van der Waals surface area contributed by atoms with Gasteiger partial charge in [0.05, 0.1) is 43.1 Å². The molecular formula is C29H28F3N3O4. The number of methoxy groups -OCH3 is 2. The number of benzene rings is 3. The van der Waals surface area contributed by atoms with Crippen LogP contribution < -0.4 is 14.4 Å². The number of amides is 2. The number of alkyl halides is 3. The van der Waals surface area contributed by atoms with Gasteiger partial charge in [0.2, 0.25) is 0 Å². The van der Waals surface area contributed by atoms with E-state index in [9.17, 15) is 22.8 Å². The first-order valence-corrected chi connectivity index (χ1v) is 12.5. The molecule has 0 saturated carbocycles. The van der Waals surface area contributed by atoms with E-state index in [0.717, 1.165) is 47.2 Å². The van der Waals surface area contributed by atoms with Crippen LogP contribution in [0, 0.1) is 0 Å². The second kappa shape index (κ2) is 10.6. The molecule has 0 atom stereocenters. The van der Waals surface area contributed by atoms with Crippen molar-refractivity contribution in [1.82, 2.24) is 9.80 Å². The minimum absolute atomic E-state index is 0.0958. The summed E-state index contributed by atoms with van der Waals surface area (Å²) in [6.07, 6.45) is -4.45. The van der Waals surface area contributed by atoms with Crippen molar-refractivity contribution in [1.29, 1.82) is 0 Å². The summed E-state index contributed by atoms with van der Waals surface area (Å²) in [5, 5.41) is 0. The normalized spacial score (nSPS) is 16.0. The minimum atomic E-state index is -4.45. The molecule has 2 amide bonds. The number of ether oxygens (including phenoxy) is 2. The lowest BCUT2D eigenvalue weighted by molar-refractivity contribution is -0.137. The lowest BCUT2D eigenvalue weighted by atomic mass is 10.1. The first kappa shape index (κ1) is 26.6. The van der Waals surface area contributed by atoms with Gasteiger partial charge in [0.15, 0.2) is 0 Å². The third kappa shape index (κ3) is 5.29. The Morgan fingerprint density at radius 1 is 0.821 bits per heavy atom. The van der Waals surface area contributed by atoms with Crippen LogP contribution in [0.1, 0.15) is 37.4 Å². The first-order valence-electron chi connectivity index (χ1n) is 12.5. The van der Waals surface area contributed by atoms with E-state index >= 15 is 0 Å². The van der Waals surface area contributed by atoms with Crippen molar-refractivity contribution in [3.05, 3.63) is 88.5 Å². The molecule has 2 heterocycles. The Balaban J connectivity index is 1.28. The van der Waals surface area contributed by atoms with Crippen molar-refractivity contribution in [2.75, 3.05) is 45.3 Å². The Kier molecular flexibility index (Phi) is 7.22. The second-order valence-electron chi connectivity index (χ2n) is 9.53. The molecule has 10 heteroatoms. The van der Waals surface area contributed by atoms with Crippen molar-refractivity contribution in [3.63, 3.8) is 0 Å². The zero-order chi connectivity index (χ0) is 27.7. The summed E-state index contributed by atoms with van der Waals surface area (Å²) in [7, 11) is 3.24. The maximum Gasteiger partial charge on any atom is 0.416 e. The molecular weight excluding hydrogens is 511 g/mol. The predicted molar refractivity (Wildman–Crippen MR) is 139 cm³/mol. The Labute approximate surface area is 224 Å². The molecule has 5 rings (SSSR count). The van der Waals surface area contributed by atoms with E-state index in [1.165, 1.54) is 12.1 Å². The third-order valence-corrected chi connectivity index (χ3v) is 7.20. The van der Waals surface area contributed by atoms with Gasteiger partial charge in [-0.15, -0.1) is 0 Å². The topological polar surface area (TPSA) is 62.3 Å². The molecule has 2 aliphatic heterocycles. The van der Waals surface area contributed by atoms with Gasteiger partial charge < -0.3 is 14.4 Å². The fraction of sp³-hybridized carbons (Fsp3) is 0.310. The summed E-state index contributed by atoms with van der Waals surface area (Å²) in [6, 6.07) is 15.5. The van der Waals surface area contributed by atoms with Gasteiger partial charge >= 0.3 is 6.18 Å². The van der Waals surface area contributed by atoms with E-state index in [1.807, 2.05) is 24.3 Å². The van der Waals surface area contributed by atoms with Crippen molar-refractivity contribution in [2.45, 2.75) is 19.3 Å². The van der Waals surface area contributed by atoms with Crippen LogP contribution >= 0.6 is 0 Å². The molecule has 3 aromatic rings. The van der Waals surface area contributed by atoms with Crippen LogP contribution in [0.4, 0.5) is 18.9 Å². The number of carbonyl (C=O) groups excluding carboxylic acids is 2. The largest absolute Gasteiger partial charge is 0.497 e. The number of halogens is 3. The number of nitrogens with zero attached hydrogens (tertiary/aromatic N) is 3. The highest BCUT2D eigenvalue weighted by molar-refractivity contribution is 6.23. The molecule has 39 heavy (non-hydrogen) atoms. The Hall–Kier alpha value is -4.05. The van der Waals surface area contributed by atoms with E-state index in [0.29, 0.717) is 42.0 Å². The van der Waals surface area contributed by atoms with Crippen LogP contribution in [0.5, 0.6) is 11.5 Å². The van der Waals surface area contributed by atoms with Crippen molar-refractivity contribution >= 4 is 17.5 Å². The van der Waals surface area contributed by atoms with Gasteiger partial charge in [-0.2, -0.15) is 13.2 Å². The number of carbonyl (C=O) groups is 2. The summed E-state index contributed by atoms with van der Waals surface area (Å²) in [5.74, 6) is 0.609. The molecule has 1 fully saturated rings. The zero-order valence-corrected chi connectivity index (χ0v) is 21.6. The van der Waals surface area contributed by atoms with Crippen LogP contribution in [0.25, 0.3) is 0 Å². The fourth-order valence-corrected chi connectivity index (χ4v) is 5.07. The molecule has 0 N–H and O–H groups in total. The van der Waals surface area contributed by atoms with Crippen LogP contribution in [0.2, 0.25) is 0 Å². The quantitative estimate of drug-likeness (QED) is 0.401. The average Bonchev–Trinajstić information content (AvgIpc) is 3.18. The molecule has 0 spiro atoms. The number of rotatable bonds is 7. The number of imide groups is 1. The highest BCUT2D eigenvalue weighted by atomic mass is 19.4. The molecule has 0 bridgehead atoms. The van der Waals surface area contributed by atoms with Gasteiger partial charge in [-0.05, 0) is 35.9 Å².